The highest BCUT2D eigenvalue weighted by Crippen LogP contribution is 2.30. The summed E-state index contributed by atoms with van der Waals surface area (Å²) in [5, 5.41) is 4.03. The van der Waals surface area contributed by atoms with Crippen molar-refractivity contribution in [3.63, 3.8) is 0 Å². The van der Waals surface area contributed by atoms with Gasteiger partial charge in [-0.25, -0.2) is 18.9 Å². The zero-order valence-electron chi connectivity index (χ0n) is 9.48. The van der Waals surface area contributed by atoms with Gasteiger partial charge in [0.25, 0.3) is 0 Å². The van der Waals surface area contributed by atoms with Crippen LogP contribution in [0.4, 0.5) is 10.2 Å². The number of rotatable bonds is 2. The Labute approximate surface area is 92.5 Å². The van der Waals surface area contributed by atoms with Crippen molar-refractivity contribution in [1.82, 2.24) is 19.6 Å². The number of anilines is 1. The van der Waals surface area contributed by atoms with Crippen molar-refractivity contribution in [3.05, 3.63) is 18.2 Å². The highest BCUT2D eigenvalue weighted by atomic mass is 19.1. The summed E-state index contributed by atoms with van der Waals surface area (Å²) in [6.07, 6.45) is 2.93. The van der Waals surface area contributed by atoms with E-state index < -0.39 is 5.67 Å². The molecule has 0 saturated carbocycles. The lowest BCUT2D eigenvalue weighted by Crippen LogP contribution is -2.23. The van der Waals surface area contributed by atoms with Gasteiger partial charge in [0.05, 0.1) is 11.9 Å². The predicted octanol–water partition coefficient (Wildman–Crippen LogP) is 1.56. The van der Waals surface area contributed by atoms with E-state index in [0.717, 1.165) is 0 Å². The molecule has 0 bridgehead atoms. The zero-order valence-corrected chi connectivity index (χ0v) is 9.48. The molecule has 0 aliphatic rings. The second-order valence-electron chi connectivity index (χ2n) is 4.35. The number of nitrogen functional groups attached to an aromatic ring is 1. The van der Waals surface area contributed by atoms with E-state index in [1.165, 1.54) is 24.7 Å². The van der Waals surface area contributed by atoms with E-state index in [2.05, 4.69) is 15.1 Å². The Balaban J connectivity index is 2.59. The van der Waals surface area contributed by atoms with Gasteiger partial charge < -0.3 is 5.73 Å². The van der Waals surface area contributed by atoms with Crippen molar-refractivity contribution in [2.45, 2.75) is 32.4 Å². The molecule has 86 valence electrons. The minimum absolute atomic E-state index is 0.296. The number of aromatic nitrogens is 4. The second-order valence-corrected chi connectivity index (χ2v) is 4.35. The SMILES string of the molecule is CC(c1cnc2c(N)ncnn12)C(C)(C)F. The number of halogens is 1. The van der Waals surface area contributed by atoms with E-state index in [0.29, 0.717) is 17.2 Å². The molecule has 2 heterocycles. The Morgan fingerprint density at radius 2 is 2.12 bits per heavy atom. The first kappa shape index (κ1) is 10.8. The molecule has 2 rings (SSSR count). The summed E-state index contributed by atoms with van der Waals surface area (Å²) >= 11 is 0. The van der Waals surface area contributed by atoms with Gasteiger partial charge in [-0.3, -0.25) is 0 Å². The highest BCUT2D eigenvalue weighted by molar-refractivity contribution is 5.58. The number of imidazole rings is 1. The molecule has 0 aromatic carbocycles. The number of alkyl halides is 1. The van der Waals surface area contributed by atoms with Crippen LogP contribution in [0.3, 0.4) is 0 Å². The van der Waals surface area contributed by atoms with Gasteiger partial charge in [-0.2, -0.15) is 5.10 Å². The van der Waals surface area contributed by atoms with E-state index in [-0.39, 0.29) is 5.92 Å². The van der Waals surface area contributed by atoms with E-state index in [9.17, 15) is 4.39 Å². The average Bonchev–Trinajstić information content (AvgIpc) is 2.60. The van der Waals surface area contributed by atoms with Crippen LogP contribution < -0.4 is 5.73 Å². The first-order chi connectivity index (χ1) is 7.41. The summed E-state index contributed by atoms with van der Waals surface area (Å²) in [4.78, 5) is 7.93. The summed E-state index contributed by atoms with van der Waals surface area (Å²) in [6, 6.07) is 0. The smallest absolute Gasteiger partial charge is 0.196 e. The van der Waals surface area contributed by atoms with E-state index in [1.54, 1.807) is 13.1 Å². The van der Waals surface area contributed by atoms with E-state index >= 15 is 0 Å². The molecule has 5 nitrogen and oxygen atoms in total. The van der Waals surface area contributed by atoms with Gasteiger partial charge in [0, 0.05) is 5.92 Å². The van der Waals surface area contributed by atoms with Crippen molar-refractivity contribution in [1.29, 1.82) is 0 Å². The second kappa shape index (κ2) is 3.40. The lowest BCUT2D eigenvalue weighted by molar-refractivity contribution is 0.177. The quantitative estimate of drug-likeness (QED) is 0.838. The van der Waals surface area contributed by atoms with Crippen molar-refractivity contribution in [2.75, 3.05) is 5.73 Å². The minimum atomic E-state index is -1.34. The number of hydrogen-bond acceptors (Lipinski definition) is 4. The Morgan fingerprint density at radius 1 is 1.44 bits per heavy atom. The number of hydrogen-bond donors (Lipinski definition) is 1. The van der Waals surface area contributed by atoms with Gasteiger partial charge >= 0.3 is 0 Å². The Morgan fingerprint density at radius 3 is 2.75 bits per heavy atom. The molecule has 16 heavy (non-hydrogen) atoms. The molecule has 2 N–H and O–H groups in total. The topological polar surface area (TPSA) is 69.1 Å². The standard InChI is InChI=1S/C10H14FN5/c1-6(10(2,3)11)7-4-13-9-8(12)14-5-15-16(7)9/h4-6H,1-3H3,(H2,12,14,15). The molecular weight excluding hydrogens is 209 g/mol. The lowest BCUT2D eigenvalue weighted by Gasteiger charge is -2.22. The average molecular weight is 223 g/mol. The van der Waals surface area contributed by atoms with Crippen LogP contribution in [0.15, 0.2) is 12.5 Å². The van der Waals surface area contributed by atoms with Gasteiger partial charge in [0.2, 0.25) is 0 Å². The van der Waals surface area contributed by atoms with Crippen LogP contribution in [-0.4, -0.2) is 25.3 Å². The molecule has 2 aromatic heterocycles. The molecule has 0 aliphatic carbocycles. The molecule has 1 unspecified atom stereocenters. The largest absolute Gasteiger partial charge is 0.381 e. The highest BCUT2D eigenvalue weighted by Gasteiger charge is 2.29. The van der Waals surface area contributed by atoms with E-state index in [4.69, 9.17) is 5.73 Å². The maximum atomic E-state index is 13.9. The summed E-state index contributed by atoms with van der Waals surface area (Å²) in [5.41, 5.74) is 5.47. The summed E-state index contributed by atoms with van der Waals surface area (Å²) in [6.45, 7) is 4.85. The van der Waals surface area contributed by atoms with Crippen molar-refractivity contribution in [2.24, 2.45) is 0 Å². The van der Waals surface area contributed by atoms with Gasteiger partial charge in [-0.05, 0) is 13.8 Å². The molecule has 0 aliphatic heterocycles. The van der Waals surface area contributed by atoms with Gasteiger partial charge in [-0.15, -0.1) is 0 Å². The molecular formula is C10H14FN5. The van der Waals surface area contributed by atoms with Crippen LogP contribution in [0.25, 0.3) is 5.65 Å². The van der Waals surface area contributed by atoms with Crippen molar-refractivity contribution >= 4 is 11.5 Å². The summed E-state index contributed by atoms with van der Waals surface area (Å²) in [7, 11) is 0. The maximum Gasteiger partial charge on any atom is 0.196 e. The van der Waals surface area contributed by atoms with Crippen LogP contribution in [-0.2, 0) is 0 Å². The Kier molecular flexibility index (Phi) is 2.29. The van der Waals surface area contributed by atoms with Crippen molar-refractivity contribution < 1.29 is 4.39 Å². The molecule has 1 atom stereocenters. The van der Waals surface area contributed by atoms with Crippen LogP contribution in [0.1, 0.15) is 32.4 Å². The molecule has 0 radical (unpaired) electrons. The maximum absolute atomic E-state index is 13.9. The zero-order chi connectivity index (χ0) is 11.9. The van der Waals surface area contributed by atoms with Crippen LogP contribution in [0.2, 0.25) is 0 Å². The first-order valence-corrected chi connectivity index (χ1v) is 5.04. The third-order valence-electron chi connectivity index (χ3n) is 2.83. The molecule has 6 heteroatoms. The summed E-state index contributed by atoms with van der Waals surface area (Å²) in [5.74, 6) is -0.0260. The fourth-order valence-corrected chi connectivity index (χ4v) is 1.50. The number of nitrogens with two attached hydrogens (primary N) is 1. The number of fused-ring (bicyclic) bond motifs is 1. The fourth-order valence-electron chi connectivity index (χ4n) is 1.50. The fraction of sp³-hybridized carbons (Fsp3) is 0.500. The third-order valence-corrected chi connectivity index (χ3v) is 2.83. The van der Waals surface area contributed by atoms with Crippen LogP contribution >= 0.6 is 0 Å². The van der Waals surface area contributed by atoms with Gasteiger partial charge in [0.15, 0.2) is 11.5 Å². The molecule has 2 aromatic rings. The Hall–Kier alpha value is -1.72. The normalized spacial score (nSPS) is 14.2. The van der Waals surface area contributed by atoms with Gasteiger partial charge in [0.1, 0.15) is 12.0 Å². The van der Waals surface area contributed by atoms with Crippen LogP contribution in [0.5, 0.6) is 0 Å². The molecule has 0 spiro atoms. The third kappa shape index (κ3) is 1.60. The minimum Gasteiger partial charge on any atom is -0.381 e. The van der Waals surface area contributed by atoms with Gasteiger partial charge in [-0.1, -0.05) is 6.92 Å². The first-order valence-electron chi connectivity index (χ1n) is 5.04. The van der Waals surface area contributed by atoms with Crippen molar-refractivity contribution in [3.8, 4) is 0 Å². The molecule has 0 fully saturated rings. The molecule has 0 saturated heterocycles. The molecule has 0 amide bonds. The monoisotopic (exact) mass is 223 g/mol. The van der Waals surface area contributed by atoms with Crippen LogP contribution in [0, 0.1) is 0 Å². The summed E-state index contributed by atoms with van der Waals surface area (Å²) < 4.78 is 15.4. The Bertz CT molecular complexity index is 513. The van der Waals surface area contributed by atoms with E-state index in [1.807, 2.05) is 0 Å². The lowest BCUT2D eigenvalue weighted by atomic mass is 9.92. The predicted molar refractivity (Wildman–Crippen MR) is 58.8 cm³/mol. The number of nitrogens with zero attached hydrogens (tertiary/aromatic N) is 4.